The number of ether oxygens (including phenoxy) is 2. The van der Waals surface area contributed by atoms with Gasteiger partial charge in [0.1, 0.15) is 18.1 Å². The van der Waals surface area contributed by atoms with Crippen LogP contribution in [0.15, 0.2) is 42.6 Å². The summed E-state index contributed by atoms with van der Waals surface area (Å²) >= 11 is 0. The van der Waals surface area contributed by atoms with E-state index in [1.54, 1.807) is 13.3 Å². The van der Waals surface area contributed by atoms with Crippen LogP contribution in [0.25, 0.3) is 0 Å². The number of aromatic nitrogens is 1. The number of hydrogen-bond acceptors (Lipinski definition) is 4. The highest BCUT2D eigenvalue weighted by atomic mass is 16.5. The average Bonchev–Trinajstić information content (AvgIpc) is 2.55. The molecule has 1 heterocycles. The van der Waals surface area contributed by atoms with Crippen LogP contribution in [0.1, 0.15) is 24.6 Å². The Hall–Kier alpha value is -2.07. The van der Waals surface area contributed by atoms with Crippen molar-refractivity contribution in [2.24, 2.45) is 0 Å². The van der Waals surface area contributed by atoms with Crippen LogP contribution in [0, 0.1) is 0 Å². The molecule has 0 atom stereocenters. The number of pyridine rings is 1. The van der Waals surface area contributed by atoms with Crippen LogP contribution in [-0.2, 0) is 13.2 Å². The van der Waals surface area contributed by atoms with Gasteiger partial charge in [-0.1, -0.05) is 19.1 Å². The fourth-order valence-electron chi connectivity index (χ4n) is 1.88. The zero-order valence-corrected chi connectivity index (χ0v) is 12.6. The molecule has 21 heavy (non-hydrogen) atoms. The third-order valence-corrected chi connectivity index (χ3v) is 3.10. The van der Waals surface area contributed by atoms with Gasteiger partial charge in [-0.3, -0.25) is 4.98 Å². The van der Waals surface area contributed by atoms with Crippen LogP contribution < -0.4 is 14.8 Å². The maximum atomic E-state index is 5.72. The van der Waals surface area contributed by atoms with E-state index < -0.39 is 0 Å². The Kier molecular flexibility index (Phi) is 6.03. The van der Waals surface area contributed by atoms with Crippen LogP contribution >= 0.6 is 0 Å². The minimum Gasteiger partial charge on any atom is -0.497 e. The molecule has 0 saturated carbocycles. The number of nitrogens with zero attached hydrogens (tertiary/aromatic N) is 1. The highest BCUT2D eigenvalue weighted by Crippen LogP contribution is 2.15. The molecule has 4 heteroatoms. The summed E-state index contributed by atoms with van der Waals surface area (Å²) in [7, 11) is 1.66. The van der Waals surface area contributed by atoms with E-state index >= 15 is 0 Å². The molecular weight excluding hydrogens is 264 g/mol. The van der Waals surface area contributed by atoms with Crippen molar-refractivity contribution in [3.8, 4) is 11.5 Å². The average molecular weight is 286 g/mol. The summed E-state index contributed by atoms with van der Waals surface area (Å²) < 4.78 is 10.9. The number of rotatable bonds is 8. The predicted molar refractivity (Wildman–Crippen MR) is 83.6 cm³/mol. The molecule has 0 saturated heterocycles. The Labute approximate surface area is 126 Å². The minimum atomic E-state index is 0.527. The second kappa shape index (κ2) is 8.27. The van der Waals surface area contributed by atoms with Crippen LogP contribution in [0.3, 0.4) is 0 Å². The van der Waals surface area contributed by atoms with E-state index in [4.69, 9.17) is 9.47 Å². The first kappa shape index (κ1) is 15.3. The van der Waals surface area contributed by atoms with E-state index in [9.17, 15) is 0 Å². The summed E-state index contributed by atoms with van der Waals surface area (Å²) in [5.74, 6) is 1.63. The zero-order valence-electron chi connectivity index (χ0n) is 12.6. The molecule has 0 fully saturated rings. The van der Waals surface area contributed by atoms with Gasteiger partial charge in [-0.05, 0) is 42.8 Å². The lowest BCUT2D eigenvalue weighted by Crippen LogP contribution is -2.14. The van der Waals surface area contributed by atoms with Gasteiger partial charge in [-0.2, -0.15) is 0 Å². The van der Waals surface area contributed by atoms with Crippen molar-refractivity contribution in [3.05, 3.63) is 53.9 Å². The van der Waals surface area contributed by atoms with Gasteiger partial charge in [-0.15, -0.1) is 0 Å². The first-order chi connectivity index (χ1) is 10.3. The van der Waals surface area contributed by atoms with E-state index in [0.29, 0.717) is 6.61 Å². The SMILES string of the molecule is CCCNCc1ccc(OCc2ccc(OC)cc2)cn1. The molecule has 2 rings (SSSR count). The van der Waals surface area contributed by atoms with Crippen molar-refractivity contribution in [1.82, 2.24) is 10.3 Å². The predicted octanol–water partition coefficient (Wildman–Crippen LogP) is 3.17. The Morgan fingerprint density at radius 1 is 1.05 bits per heavy atom. The van der Waals surface area contributed by atoms with E-state index in [0.717, 1.165) is 42.3 Å². The van der Waals surface area contributed by atoms with E-state index in [1.165, 1.54) is 0 Å². The van der Waals surface area contributed by atoms with Crippen molar-refractivity contribution in [2.75, 3.05) is 13.7 Å². The number of hydrogen-bond donors (Lipinski definition) is 1. The molecule has 0 aliphatic carbocycles. The summed E-state index contributed by atoms with van der Waals surface area (Å²) in [6.07, 6.45) is 2.90. The molecule has 4 nitrogen and oxygen atoms in total. The van der Waals surface area contributed by atoms with Crippen LogP contribution in [0.5, 0.6) is 11.5 Å². The number of benzene rings is 1. The van der Waals surface area contributed by atoms with Crippen molar-refractivity contribution < 1.29 is 9.47 Å². The lowest BCUT2D eigenvalue weighted by molar-refractivity contribution is 0.304. The molecule has 1 aromatic heterocycles. The van der Waals surface area contributed by atoms with Crippen LogP contribution in [0.2, 0.25) is 0 Å². The van der Waals surface area contributed by atoms with Crippen molar-refractivity contribution in [2.45, 2.75) is 26.5 Å². The second-order valence-electron chi connectivity index (χ2n) is 4.80. The number of methoxy groups -OCH3 is 1. The fourth-order valence-corrected chi connectivity index (χ4v) is 1.88. The fraction of sp³-hybridized carbons (Fsp3) is 0.353. The van der Waals surface area contributed by atoms with Gasteiger partial charge in [0.25, 0.3) is 0 Å². The molecule has 0 spiro atoms. The molecule has 0 bridgehead atoms. The highest BCUT2D eigenvalue weighted by Gasteiger charge is 1.99. The first-order valence-corrected chi connectivity index (χ1v) is 7.23. The van der Waals surface area contributed by atoms with Crippen molar-refractivity contribution >= 4 is 0 Å². The summed E-state index contributed by atoms with van der Waals surface area (Å²) in [6, 6.07) is 11.8. The third-order valence-electron chi connectivity index (χ3n) is 3.10. The molecule has 0 aliphatic rings. The highest BCUT2D eigenvalue weighted by molar-refractivity contribution is 5.27. The lowest BCUT2D eigenvalue weighted by Gasteiger charge is -2.08. The van der Waals surface area contributed by atoms with Crippen molar-refractivity contribution in [3.63, 3.8) is 0 Å². The van der Waals surface area contributed by atoms with E-state index in [2.05, 4.69) is 17.2 Å². The lowest BCUT2D eigenvalue weighted by atomic mass is 10.2. The molecule has 0 aliphatic heterocycles. The molecule has 0 radical (unpaired) electrons. The smallest absolute Gasteiger partial charge is 0.138 e. The monoisotopic (exact) mass is 286 g/mol. The summed E-state index contributed by atoms with van der Waals surface area (Å²) in [4.78, 5) is 4.38. The van der Waals surface area contributed by atoms with Gasteiger partial charge in [0.2, 0.25) is 0 Å². The molecule has 112 valence electrons. The standard InChI is InChI=1S/C17H22N2O2/c1-3-10-18-11-15-6-9-17(12-19-15)21-13-14-4-7-16(20-2)8-5-14/h4-9,12,18H,3,10-11,13H2,1-2H3. The van der Waals surface area contributed by atoms with Crippen molar-refractivity contribution in [1.29, 1.82) is 0 Å². The Bertz CT molecular complexity index is 523. The molecule has 1 aromatic carbocycles. The topological polar surface area (TPSA) is 43.4 Å². The van der Waals surface area contributed by atoms with Gasteiger partial charge in [0.15, 0.2) is 0 Å². The molecular formula is C17H22N2O2. The third kappa shape index (κ3) is 5.08. The molecule has 2 aromatic rings. The van der Waals surface area contributed by atoms with Gasteiger partial charge in [-0.25, -0.2) is 0 Å². The maximum absolute atomic E-state index is 5.72. The van der Waals surface area contributed by atoms with Gasteiger partial charge < -0.3 is 14.8 Å². The summed E-state index contributed by atoms with van der Waals surface area (Å²) in [6.45, 7) is 4.49. The van der Waals surface area contributed by atoms with Crippen LogP contribution in [0.4, 0.5) is 0 Å². The first-order valence-electron chi connectivity index (χ1n) is 7.23. The Morgan fingerprint density at radius 3 is 2.43 bits per heavy atom. The largest absolute Gasteiger partial charge is 0.497 e. The number of nitrogens with one attached hydrogen (secondary N) is 1. The summed E-state index contributed by atoms with van der Waals surface area (Å²) in [5.41, 5.74) is 2.13. The normalized spacial score (nSPS) is 10.4. The molecule has 0 amide bonds. The molecule has 0 unspecified atom stereocenters. The Morgan fingerprint density at radius 2 is 1.81 bits per heavy atom. The van der Waals surface area contributed by atoms with E-state index in [-0.39, 0.29) is 0 Å². The second-order valence-corrected chi connectivity index (χ2v) is 4.80. The minimum absolute atomic E-state index is 0.527. The van der Waals surface area contributed by atoms with Gasteiger partial charge >= 0.3 is 0 Å². The zero-order chi connectivity index (χ0) is 14.9. The summed E-state index contributed by atoms with van der Waals surface area (Å²) in [5, 5.41) is 3.32. The van der Waals surface area contributed by atoms with E-state index in [1.807, 2.05) is 36.4 Å². The quantitative estimate of drug-likeness (QED) is 0.757. The Balaban J connectivity index is 1.82. The van der Waals surface area contributed by atoms with Gasteiger partial charge in [0.05, 0.1) is 19.0 Å². The van der Waals surface area contributed by atoms with Crippen LogP contribution in [-0.4, -0.2) is 18.6 Å². The van der Waals surface area contributed by atoms with Gasteiger partial charge in [0, 0.05) is 6.54 Å². The molecule has 1 N–H and O–H groups in total. The maximum Gasteiger partial charge on any atom is 0.138 e.